The van der Waals surface area contributed by atoms with Crippen molar-refractivity contribution in [3.8, 4) is 0 Å². The SMILES string of the molecule is O=C(CCS(=O)(=O)N1CCCC1)Nc1ccc(Cl)cc1C(F)(F)F. The summed E-state index contributed by atoms with van der Waals surface area (Å²) < 4.78 is 64.2. The highest BCUT2D eigenvalue weighted by atomic mass is 35.5. The summed E-state index contributed by atoms with van der Waals surface area (Å²) >= 11 is 5.56. The lowest BCUT2D eigenvalue weighted by Gasteiger charge is -2.16. The van der Waals surface area contributed by atoms with Crippen LogP contribution in [0.2, 0.25) is 5.02 Å². The lowest BCUT2D eigenvalue weighted by molar-refractivity contribution is -0.137. The number of hydrogen-bond donors (Lipinski definition) is 1. The van der Waals surface area contributed by atoms with Crippen LogP contribution in [0.15, 0.2) is 18.2 Å². The number of rotatable bonds is 5. The molecule has 1 amide bonds. The minimum absolute atomic E-state index is 0.114. The summed E-state index contributed by atoms with van der Waals surface area (Å²) in [7, 11) is -3.56. The molecule has 0 radical (unpaired) electrons. The van der Waals surface area contributed by atoms with Gasteiger partial charge in [-0.1, -0.05) is 11.6 Å². The standard InChI is InChI=1S/C14H16ClF3N2O3S/c15-10-3-4-12(11(9-10)14(16,17)18)19-13(21)5-8-24(22,23)20-6-1-2-7-20/h3-4,9H,1-2,5-8H2,(H,19,21). The Morgan fingerprint density at radius 2 is 1.88 bits per heavy atom. The molecule has 0 aromatic heterocycles. The molecule has 1 fully saturated rings. The highest BCUT2D eigenvalue weighted by Gasteiger charge is 2.34. The van der Waals surface area contributed by atoms with E-state index in [1.54, 1.807) is 0 Å². The number of nitrogens with zero attached hydrogens (tertiary/aromatic N) is 1. The van der Waals surface area contributed by atoms with Gasteiger partial charge in [0.1, 0.15) is 0 Å². The van der Waals surface area contributed by atoms with Crippen molar-refractivity contribution in [2.24, 2.45) is 0 Å². The third-order valence-corrected chi connectivity index (χ3v) is 5.71. The minimum atomic E-state index is -4.69. The molecular weight excluding hydrogens is 369 g/mol. The van der Waals surface area contributed by atoms with Gasteiger partial charge in [0, 0.05) is 24.5 Å². The van der Waals surface area contributed by atoms with Crippen molar-refractivity contribution < 1.29 is 26.4 Å². The number of hydrogen-bond acceptors (Lipinski definition) is 3. The predicted molar refractivity (Wildman–Crippen MR) is 84.3 cm³/mol. The fourth-order valence-electron chi connectivity index (χ4n) is 2.39. The van der Waals surface area contributed by atoms with Crippen LogP contribution in [-0.2, 0) is 21.0 Å². The van der Waals surface area contributed by atoms with Crippen molar-refractivity contribution in [1.29, 1.82) is 0 Å². The van der Waals surface area contributed by atoms with Crippen LogP contribution in [0, 0.1) is 0 Å². The summed E-state index contributed by atoms with van der Waals surface area (Å²) in [6, 6.07) is 2.96. The number of anilines is 1. The second kappa shape index (κ2) is 7.28. The molecule has 0 bridgehead atoms. The van der Waals surface area contributed by atoms with Gasteiger partial charge in [0.05, 0.1) is 17.0 Å². The fourth-order valence-corrected chi connectivity index (χ4v) is 4.08. The zero-order chi connectivity index (χ0) is 18.0. The van der Waals surface area contributed by atoms with Gasteiger partial charge in [0.2, 0.25) is 15.9 Å². The van der Waals surface area contributed by atoms with Crippen LogP contribution in [0.25, 0.3) is 0 Å². The van der Waals surface area contributed by atoms with Crippen molar-refractivity contribution >= 4 is 33.2 Å². The largest absolute Gasteiger partial charge is 0.418 e. The maximum Gasteiger partial charge on any atom is 0.418 e. The van der Waals surface area contributed by atoms with E-state index in [1.807, 2.05) is 0 Å². The first kappa shape index (κ1) is 19.0. The van der Waals surface area contributed by atoms with Crippen LogP contribution in [0.5, 0.6) is 0 Å². The Bertz CT molecular complexity index is 716. The number of sulfonamides is 1. The molecule has 0 spiro atoms. The van der Waals surface area contributed by atoms with Gasteiger partial charge in [-0.05, 0) is 31.0 Å². The molecule has 0 unspecified atom stereocenters. The van der Waals surface area contributed by atoms with E-state index < -0.39 is 45.5 Å². The molecule has 1 saturated heterocycles. The average Bonchev–Trinajstić information content (AvgIpc) is 3.01. The molecule has 5 nitrogen and oxygen atoms in total. The van der Waals surface area contributed by atoms with Crippen molar-refractivity contribution in [3.05, 3.63) is 28.8 Å². The second-order valence-electron chi connectivity index (χ2n) is 5.41. The van der Waals surface area contributed by atoms with Crippen molar-refractivity contribution in [3.63, 3.8) is 0 Å². The molecule has 1 N–H and O–H groups in total. The van der Waals surface area contributed by atoms with E-state index in [9.17, 15) is 26.4 Å². The maximum atomic E-state index is 12.9. The van der Waals surface area contributed by atoms with Crippen LogP contribution >= 0.6 is 11.6 Å². The van der Waals surface area contributed by atoms with Gasteiger partial charge < -0.3 is 5.32 Å². The Labute approximate surface area is 142 Å². The molecule has 0 saturated carbocycles. The van der Waals surface area contributed by atoms with E-state index in [2.05, 4.69) is 5.32 Å². The van der Waals surface area contributed by atoms with E-state index in [0.717, 1.165) is 18.9 Å². The normalized spacial score (nSPS) is 16.3. The molecule has 2 rings (SSSR count). The number of carbonyl (C=O) groups excluding carboxylic acids is 1. The molecule has 1 heterocycles. The third kappa shape index (κ3) is 4.84. The van der Waals surface area contributed by atoms with Gasteiger partial charge in [0.15, 0.2) is 0 Å². The predicted octanol–water partition coefficient (Wildman–Crippen LogP) is 3.11. The minimum Gasteiger partial charge on any atom is -0.325 e. The molecule has 1 aromatic rings. The first-order valence-corrected chi connectivity index (χ1v) is 9.23. The number of nitrogens with one attached hydrogen (secondary N) is 1. The lowest BCUT2D eigenvalue weighted by Crippen LogP contribution is -2.31. The van der Waals surface area contributed by atoms with E-state index in [4.69, 9.17) is 11.6 Å². The number of amides is 1. The highest BCUT2D eigenvalue weighted by Crippen LogP contribution is 2.36. The monoisotopic (exact) mass is 384 g/mol. The third-order valence-electron chi connectivity index (χ3n) is 3.61. The molecule has 0 atom stereocenters. The van der Waals surface area contributed by atoms with Gasteiger partial charge in [-0.15, -0.1) is 0 Å². The molecule has 0 aliphatic carbocycles. The first-order valence-electron chi connectivity index (χ1n) is 7.24. The molecule has 1 aromatic carbocycles. The Balaban J connectivity index is 2.03. The summed E-state index contributed by atoms with van der Waals surface area (Å²) in [5, 5.41) is 1.99. The average molecular weight is 385 g/mol. The molecule has 10 heteroatoms. The maximum absolute atomic E-state index is 12.9. The fraction of sp³-hybridized carbons (Fsp3) is 0.500. The smallest absolute Gasteiger partial charge is 0.325 e. The Morgan fingerprint density at radius 3 is 2.46 bits per heavy atom. The number of carbonyl (C=O) groups is 1. The van der Waals surface area contributed by atoms with Crippen molar-refractivity contribution in [2.75, 3.05) is 24.2 Å². The first-order chi connectivity index (χ1) is 11.1. The summed E-state index contributed by atoms with van der Waals surface area (Å²) in [5.41, 5.74) is -1.53. The van der Waals surface area contributed by atoms with E-state index in [0.29, 0.717) is 19.2 Å². The Hall–Kier alpha value is -1.32. The van der Waals surface area contributed by atoms with Crippen molar-refractivity contribution in [2.45, 2.75) is 25.4 Å². The zero-order valence-electron chi connectivity index (χ0n) is 12.6. The molecule has 24 heavy (non-hydrogen) atoms. The summed E-state index contributed by atoms with van der Waals surface area (Å²) in [6.07, 6.45) is -3.57. The Morgan fingerprint density at radius 1 is 1.25 bits per heavy atom. The summed E-state index contributed by atoms with van der Waals surface area (Å²) in [6.45, 7) is 0.832. The van der Waals surface area contributed by atoms with Gasteiger partial charge in [-0.3, -0.25) is 4.79 Å². The number of benzene rings is 1. The van der Waals surface area contributed by atoms with Crippen LogP contribution in [-0.4, -0.2) is 37.5 Å². The molecule has 134 valence electrons. The number of alkyl halides is 3. The van der Waals surface area contributed by atoms with E-state index in [-0.39, 0.29) is 5.02 Å². The number of halogens is 4. The molecule has 1 aliphatic rings. The van der Waals surface area contributed by atoms with Gasteiger partial charge in [-0.2, -0.15) is 13.2 Å². The van der Waals surface area contributed by atoms with Gasteiger partial charge in [0.25, 0.3) is 0 Å². The van der Waals surface area contributed by atoms with Crippen LogP contribution in [0.4, 0.5) is 18.9 Å². The topological polar surface area (TPSA) is 66.5 Å². The van der Waals surface area contributed by atoms with E-state index >= 15 is 0 Å². The highest BCUT2D eigenvalue weighted by molar-refractivity contribution is 7.89. The quantitative estimate of drug-likeness (QED) is 0.848. The lowest BCUT2D eigenvalue weighted by atomic mass is 10.1. The van der Waals surface area contributed by atoms with Crippen LogP contribution < -0.4 is 5.32 Å². The van der Waals surface area contributed by atoms with Gasteiger partial charge in [-0.25, -0.2) is 12.7 Å². The second-order valence-corrected chi connectivity index (χ2v) is 7.93. The van der Waals surface area contributed by atoms with Gasteiger partial charge >= 0.3 is 6.18 Å². The summed E-state index contributed by atoms with van der Waals surface area (Å²) in [4.78, 5) is 11.8. The zero-order valence-corrected chi connectivity index (χ0v) is 14.1. The van der Waals surface area contributed by atoms with E-state index in [1.165, 1.54) is 10.4 Å². The van der Waals surface area contributed by atoms with Crippen LogP contribution in [0.3, 0.4) is 0 Å². The van der Waals surface area contributed by atoms with Crippen LogP contribution in [0.1, 0.15) is 24.8 Å². The van der Waals surface area contributed by atoms with Crippen molar-refractivity contribution in [1.82, 2.24) is 4.31 Å². The summed E-state index contributed by atoms with van der Waals surface area (Å²) in [5.74, 6) is -1.24. The molecular formula is C14H16ClF3N2O3S. The molecule has 1 aliphatic heterocycles. The Kier molecular flexibility index (Phi) is 5.77.